The number of halogens is 2. The van der Waals surface area contributed by atoms with Gasteiger partial charge in [-0.05, 0) is 60.5 Å². The van der Waals surface area contributed by atoms with Crippen LogP contribution in [0.4, 0.5) is 11.4 Å². The van der Waals surface area contributed by atoms with Gasteiger partial charge in [0.1, 0.15) is 11.7 Å². The minimum absolute atomic E-state index is 0.00657. The quantitative estimate of drug-likeness (QED) is 0.149. The number of sulfonamides is 1. The van der Waals surface area contributed by atoms with E-state index in [2.05, 4.69) is 16.2 Å². The molecule has 1 fully saturated rings. The molecule has 0 unspecified atom stereocenters. The maximum atomic E-state index is 13.1. The number of anilines is 1. The van der Waals surface area contributed by atoms with Crippen molar-refractivity contribution in [3.05, 3.63) is 98.0 Å². The summed E-state index contributed by atoms with van der Waals surface area (Å²) in [5.74, 6) is -1.27. The van der Waals surface area contributed by atoms with Gasteiger partial charge in [0.25, 0.3) is 5.69 Å². The van der Waals surface area contributed by atoms with Crippen molar-refractivity contribution >= 4 is 67.9 Å². The van der Waals surface area contributed by atoms with Crippen molar-refractivity contribution in [2.45, 2.75) is 29.8 Å². The zero-order valence-electron chi connectivity index (χ0n) is 20.6. The lowest BCUT2D eigenvalue weighted by Crippen LogP contribution is -2.41. The Morgan fingerprint density at radius 3 is 2.23 bits per heavy atom. The fourth-order valence-electron chi connectivity index (χ4n) is 4.37. The number of thiocarbonyl (C=S) groups is 1. The smallest absolute Gasteiger partial charge is 0.322 e. The van der Waals surface area contributed by atoms with Crippen LogP contribution in [-0.4, -0.2) is 46.4 Å². The van der Waals surface area contributed by atoms with Crippen LogP contribution in [0, 0.1) is 10.1 Å². The molecule has 0 aliphatic carbocycles. The van der Waals surface area contributed by atoms with Crippen LogP contribution < -0.4 is 16.2 Å². The molecule has 0 spiro atoms. The minimum Gasteiger partial charge on any atom is -0.480 e. The standard InChI is InChI=1S/C25H23Cl2N5O6S2/c26-18-8-3-1-6-16(18)23(17-7-2-4-9-19(17)27)28-25(39)30-29-20-12-11-15(14-22(20)32(35)36)40(37,38)31-13-5-10-21(31)24(33)34/h1-4,6-9,11-12,14,21,23,29H,5,10,13H2,(H,33,34)(H2,28,30,39)/t21-/m0/s1. The maximum Gasteiger partial charge on any atom is 0.322 e. The zero-order chi connectivity index (χ0) is 29.0. The zero-order valence-corrected chi connectivity index (χ0v) is 23.7. The van der Waals surface area contributed by atoms with Crippen LogP contribution in [0.5, 0.6) is 0 Å². The van der Waals surface area contributed by atoms with Crippen LogP contribution >= 0.6 is 35.4 Å². The molecule has 1 saturated heterocycles. The Kier molecular flexibility index (Phi) is 9.11. The minimum atomic E-state index is -4.29. The number of benzene rings is 3. The number of carboxylic acids is 1. The summed E-state index contributed by atoms with van der Waals surface area (Å²) in [4.78, 5) is 22.2. The Morgan fingerprint density at radius 1 is 1.07 bits per heavy atom. The average Bonchev–Trinajstić information content (AvgIpc) is 3.43. The van der Waals surface area contributed by atoms with Gasteiger partial charge in [-0.25, -0.2) is 8.42 Å². The number of nitro benzene ring substituents is 1. The molecule has 1 aliphatic heterocycles. The van der Waals surface area contributed by atoms with Gasteiger partial charge in [0.05, 0.1) is 15.9 Å². The van der Waals surface area contributed by atoms with E-state index in [0.29, 0.717) is 27.6 Å². The van der Waals surface area contributed by atoms with E-state index in [1.54, 1.807) is 48.5 Å². The molecule has 1 atom stereocenters. The first-order valence-corrected chi connectivity index (χ1v) is 14.5. The van der Waals surface area contributed by atoms with Crippen molar-refractivity contribution in [2.24, 2.45) is 0 Å². The lowest BCUT2D eigenvalue weighted by Gasteiger charge is -2.24. The highest BCUT2D eigenvalue weighted by Gasteiger charge is 2.40. The largest absolute Gasteiger partial charge is 0.480 e. The first-order valence-electron chi connectivity index (χ1n) is 11.8. The summed E-state index contributed by atoms with van der Waals surface area (Å²) >= 11 is 18.3. The van der Waals surface area contributed by atoms with Gasteiger partial charge in [0, 0.05) is 22.7 Å². The lowest BCUT2D eigenvalue weighted by molar-refractivity contribution is -0.384. The van der Waals surface area contributed by atoms with Crippen molar-refractivity contribution in [3.8, 4) is 0 Å². The summed E-state index contributed by atoms with van der Waals surface area (Å²) in [6, 6.07) is 15.7. The number of nitrogens with zero attached hydrogens (tertiary/aromatic N) is 2. The van der Waals surface area contributed by atoms with Crippen LogP contribution in [0.1, 0.15) is 30.0 Å². The van der Waals surface area contributed by atoms with Gasteiger partial charge in [0.15, 0.2) is 5.11 Å². The third-order valence-corrected chi connectivity index (χ3v) is 9.09. The van der Waals surface area contributed by atoms with Gasteiger partial charge in [-0.1, -0.05) is 59.6 Å². The molecule has 0 aromatic heterocycles. The van der Waals surface area contributed by atoms with Crippen molar-refractivity contribution in [2.75, 3.05) is 12.0 Å². The molecule has 40 heavy (non-hydrogen) atoms. The first kappa shape index (κ1) is 29.5. The summed E-state index contributed by atoms with van der Waals surface area (Å²) in [7, 11) is -4.29. The van der Waals surface area contributed by atoms with Gasteiger partial charge in [-0.2, -0.15) is 4.31 Å². The van der Waals surface area contributed by atoms with E-state index < -0.39 is 43.6 Å². The normalized spacial score (nSPS) is 15.5. The fraction of sp³-hybridized carbons (Fsp3) is 0.200. The summed E-state index contributed by atoms with van der Waals surface area (Å²) < 4.78 is 27.0. The molecular weight excluding hydrogens is 601 g/mol. The predicted octanol–water partition coefficient (Wildman–Crippen LogP) is 4.72. The average molecular weight is 625 g/mol. The number of carbonyl (C=O) groups is 1. The van der Waals surface area contributed by atoms with Gasteiger partial charge in [-0.15, -0.1) is 0 Å². The number of rotatable bonds is 9. The van der Waals surface area contributed by atoms with Gasteiger partial charge >= 0.3 is 5.97 Å². The van der Waals surface area contributed by atoms with Crippen LogP contribution in [0.25, 0.3) is 0 Å². The molecule has 1 heterocycles. The van der Waals surface area contributed by atoms with Crippen molar-refractivity contribution in [1.29, 1.82) is 0 Å². The topological polar surface area (TPSA) is 154 Å². The molecule has 210 valence electrons. The molecule has 0 bridgehead atoms. The molecule has 3 aromatic carbocycles. The van der Waals surface area contributed by atoms with E-state index in [4.69, 9.17) is 35.4 Å². The van der Waals surface area contributed by atoms with E-state index in [1.165, 1.54) is 6.07 Å². The molecule has 15 heteroatoms. The Hall–Kier alpha value is -3.49. The number of carboxylic acid groups (broad SMARTS) is 1. The summed E-state index contributed by atoms with van der Waals surface area (Å²) in [6.07, 6.45) is 0.531. The molecule has 4 rings (SSSR count). The van der Waals surface area contributed by atoms with Gasteiger partial charge in [0.2, 0.25) is 10.0 Å². The molecular formula is C25H23Cl2N5O6S2. The highest BCUT2D eigenvalue weighted by Crippen LogP contribution is 2.33. The number of nitro groups is 1. The number of aliphatic carboxylic acids is 1. The summed E-state index contributed by atoms with van der Waals surface area (Å²) in [5.41, 5.74) is 6.06. The number of nitrogens with one attached hydrogen (secondary N) is 3. The van der Waals surface area contributed by atoms with E-state index in [0.717, 1.165) is 16.4 Å². The second-order valence-corrected chi connectivity index (χ2v) is 11.9. The summed E-state index contributed by atoms with van der Waals surface area (Å²) in [5, 5.41) is 25.3. The van der Waals surface area contributed by atoms with E-state index >= 15 is 0 Å². The third kappa shape index (κ3) is 6.29. The van der Waals surface area contributed by atoms with Crippen LogP contribution in [0.2, 0.25) is 10.0 Å². The highest BCUT2D eigenvalue weighted by molar-refractivity contribution is 7.89. The second-order valence-electron chi connectivity index (χ2n) is 8.75. The lowest BCUT2D eigenvalue weighted by atomic mass is 9.98. The van der Waals surface area contributed by atoms with E-state index in [1.807, 2.05) is 0 Å². The Bertz CT molecular complexity index is 1530. The molecule has 0 amide bonds. The number of hydrogen-bond acceptors (Lipinski definition) is 7. The van der Waals surface area contributed by atoms with Crippen molar-refractivity contribution < 1.29 is 23.2 Å². The first-order chi connectivity index (χ1) is 19.0. The monoisotopic (exact) mass is 623 g/mol. The van der Waals surface area contributed by atoms with Crippen molar-refractivity contribution in [3.63, 3.8) is 0 Å². The second kappa shape index (κ2) is 12.4. The Morgan fingerprint density at radius 2 is 1.68 bits per heavy atom. The summed E-state index contributed by atoms with van der Waals surface area (Å²) in [6.45, 7) is 0.00657. The van der Waals surface area contributed by atoms with E-state index in [9.17, 15) is 28.4 Å². The number of hydrogen-bond donors (Lipinski definition) is 4. The Balaban J connectivity index is 1.55. The van der Waals surface area contributed by atoms with E-state index in [-0.39, 0.29) is 23.8 Å². The molecule has 4 N–H and O–H groups in total. The molecule has 1 aliphatic rings. The van der Waals surface area contributed by atoms with Gasteiger partial charge < -0.3 is 10.4 Å². The van der Waals surface area contributed by atoms with Crippen molar-refractivity contribution in [1.82, 2.24) is 15.0 Å². The highest BCUT2D eigenvalue weighted by atomic mass is 35.5. The van der Waals surface area contributed by atoms with Crippen LogP contribution in [0.15, 0.2) is 71.6 Å². The van der Waals surface area contributed by atoms with Crippen LogP contribution in [-0.2, 0) is 14.8 Å². The van der Waals surface area contributed by atoms with Crippen LogP contribution in [0.3, 0.4) is 0 Å². The molecule has 0 radical (unpaired) electrons. The third-order valence-electron chi connectivity index (χ3n) is 6.28. The molecule has 3 aromatic rings. The fourth-order valence-corrected chi connectivity index (χ4v) is 6.70. The maximum absolute atomic E-state index is 13.1. The van der Waals surface area contributed by atoms with Gasteiger partial charge in [-0.3, -0.25) is 25.8 Å². The Labute approximate surface area is 245 Å². The molecule has 11 nitrogen and oxygen atoms in total. The SMILES string of the molecule is O=C(O)[C@@H]1CCCN1S(=O)(=O)c1ccc(NNC(=S)NC(c2ccccc2Cl)c2ccccc2Cl)c([N+](=O)[O-])c1. The molecule has 0 saturated carbocycles. The number of hydrazine groups is 1. The predicted molar refractivity (Wildman–Crippen MR) is 155 cm³/mol.